The van der Waals surface area contributed by atoms with Crippen molar-refractivity contribution >= 4 is 29.0 Å². The Kier molecular flexibility index (Phi) is 4.69. The van der Waals surface area contributed by atoms with E-state index >= 15 is 0 Å². The van der Waals surface area contributed by atoms with E-state index in [2.05, 4.69) is 0 Å². The van der Waals surface area contributed by atoms with Gasteiger partial charge in [0.25, 0.3) is 0 Å². The fraction of sp³-hybridized carbons (Fsp3) is 0.188. The lowest BCUT2D eigenvalue weighted by molar-refractivity contribution is 0.103. The minimum atomic E-state index is -0.120. The zero-order valence-electron chi connectivity index (χ0n) is 11.2. The zero-order chi connectivity index (χ0) is 14.7. The first-order chi connectivity index (χ1) is 9.45. The van der Waals surface area contributed by atoms with Crippen LogP contribution in [0.2, 0.25) is 10.0 Å². The Morgan fingerprint density at radius 3 is 2.00 bits per heavy atom. The Labute approximate surface area is 128 Å². The van der Waals surface area contributed by atoms with Crippen LogP contribution in [-0.4, -0.2) is 11.9 Å². The third-order valence-electron chi connectivity index (χ3n) is 2.61. The molecule has 0 radical (unpaired) electrons. The maximum absolute atomic E-state index is 12.3. The van der Waals surface area contributed by atoms with Gasteiger partial charge in [-0.15, -0.1) is 0 Å². The molecule has 2 rings (SSSR count). The molecule has 0 aliphatic heterocycles. The Hall–Kier alpha value is -1.51. The van der Waals surface area contributed by atoms with Crippen LogP contribution in [0.25, 0.3) is 0 Å². The summed E-state index contributed by atoms with van der Waals surface area (Å²) < 4.78 is 5.54. The number of benzene rings is 2. The van der Waals surface area contributed by atoms with Crippen LogP contribution in [0.4, 0.5) is 0 Å². The highest BCUT2D eigenvalue weighted by Crippen LogP contribution is 2.22. The fourth-order valence-corrected chi connectivity index (χ4v) is 2.33. The second kappa shape index (κ2) is 6.29. The van der Waals surface area contributed by atoms with Gasteiger partial charge in [-0.2, -0.15) is 0 Å². The lowest BCUT2D eigenvalue weighted by Gasteiger charge is -2.10. The molecule has 0 N–H and O–H groups in total. The van der Waals surface area contributed by atoms with Crippen molar-refractivity contribution in [2.75, 3.05) is 0 Å². The van der Waals surface area contributed by atoms with Crippen molar-refractivity contribution in [1.82, 2.24) is 0 Å². The number of ketones is 1. The molecular weight excluding hydrogens is 295 g/mol. The second-order valence-electron chi connectivity index (χ2n) is 4.68. The van der Waals surface area contributed by atoms with Gasteiger partial charge in [0.15, 0.2) is 5.78 Å². The highest BCUT2D eigenvalue weighted by Gasteiger charge is 2.11. The van der Waals surface area contributed by atoms with E-state index in [4.69, 9.17) is 27.9 Å². The topological polar surface area (TPSA) is 26.3 Å². The summed E-state index contributed by atoms with van der Waals surface area (Å²) in [7, 11) is 0. The number of ether oxygens (including phenoxy) is 1. The first-order valence-electron chi connectivity index (χ1n) is 6.23. The molecule has 0 saturated heterocycles. The minimum absolute atomic E-state index is 0.100. The molecule has 0 amide bonds. The molecule has 0 heterocycles. The number of hydrogen-bond acceptors (Lipinski definition) is 2. The Morgan fingerprint density at radius 2 is 1.50 bits per heavy atom. The molecule has 0 atom stereocenters. The van der Waals surface area contributed by atoms with Crippen LogP contribution in [-0.2, 0) is 0 Å². The van der Waals surface area contributed by atoms with E-state index < -0.39 is 0 Å². The van der Waals surface area contributed by atoms with E-state index in [1.165, 1.54) is 0 Å². The summed E-state index contributed by atoms with van der Waals surface area (Å²) in [5.41, 5.74) is 1.04. The third kappa shape index (κ3) is 3.75. The average Bonchev–Trinajstić information content (AvgIpc) is 2.37. The minimum Gasteiger partial charge on any atom is -0.491 e. The van der Waals surface area contributed by atoms with Crippen LogP contribution in [0.1, 0.15) is 29.8 Å². The molecule has 0 saturated carbocycles. The summed E-state index contributed by atoms with van der Waals surface area (Å²) in [5.74, 6) is 0.617. The quantitative estimate of drug-likeness (QED) is 0.742. The van der Waals surface area contributed by atoms with Crippen molar-refractivity contribution in [3.63, 3.8) is 0 Å². The van der Waals surface area contributed by atoms with Gasteiger partial charge in [-0.05, 0) is 56.3 Å². The molecule has 2 aromatic rings. The van der Waals surface area contributed by atoms with E-state index in [-0.39, 0.29) is 11.9 Å². The number of carbonyl (C=O) groups excluding carboxylic acids is 1. The summed E-state index contributed by atoms with van der Waals surface area (Å²) in [6, 6.07) is 11.8. The van der Waals surface area contributed by atoms with Crippen LogP contribution in [0.5, 0.6) is 5.75 Å². The lowest BCUT2D eigenvalue weighted by Crippen LogP contribution is -2.06. The number of hydrogen-bond donors (Lipinski definition) is 0. The van der Waals surface area contributed by atoms with Gasteiger partial charge in [0.1, 0.15) is 5.75 Å². The van der Waals surface area contributed by atoms with E-state index in [1.54, 1.807) is 42.5 Å². The third-order valence-corrected chi connectivity index (χ3v) is 3.05. The Balaban J connectivity index is 2.24. The molecule has 104 valence electrons. The highest BCUT2D eigenvalue weighted by molar-refractivity contribution is 6.35. The molecule has 0 aliphatic carbocycles. The van der Waals surface area contributed by atoms with Gasteiger partial charge in [0.05, 0.1) is 6.10 Å². The van der Waals surface area contributed by atoms with Gasteiger partial charge in [0.2, 0.25) is 0 Å². The van der Waals surface area contributed by atoms with Gasteiger partial charge in [-0.1, -0.05) is 23.2 Å². The zero-order valence-corrected chi connectivity index (χ0v) is 12.7. The molecular formula is C16H14Cl2O2. The van der Waals surface area contributed by atoms with Gasteiger partial charge in [-0.25, -0.2) is 0 Å². The molecule has 0 aliphatic rings. The first-order valence-corrected chi connectivity index (χ1v) is 6.99. The van der Waals surface area contributed by atoms with Gasteiger partial charge in [-0.3, -0.25) is 4.79 Å². The molecule has 0 fully saturated rings. The van der Waals surface area contributed by atoms with Crippen molar-refractivity contribution in [1.29, 1.82) is 0 Å². The molecule has 0 unspecified atom stereocenters. The van der Waals surface area contributed by atoms with Crippen LogP contribution in [0.3, 0.4) is 0 Å². The van der Waals surface area contributed by atoms with Crippen molar-refractivity contribution in [2.45, 2.75) is 20.0 Å². The normalized spacial score (nSPS) is 10.7. The maximum atomic E-state index is 12.3. The van der Waals surface area contributed by atoms with Crippen LogP contribution in [0.15, 0.2) is 42.5 Å². The highest BCUT2D eigenvalue weighted by atomic mass is 35.5. The van der Waals surface area contributed by atoms with Crippen molar-refractivity contribution < 1.29 is 9.53 Å². The molecule has 0 aromatic heterocycles. The summed E-state index contributed by atoms with van der Waals surface area (Å²) in [4.78, 5) is 12.3. The maximum Gasteiger partial charge on any atom is 0.193 e. The number of carbonyl (C=O) groups is 1. The van der Waals surface area contributed by atoms with Gasteiger partial charge >= 0.3 is 0 Å². The second-order valence-corrected chi connectivity index (χ2v) is 5.55. The van der Waals surface area contributed by atoms with Crippen molar-refractivity contribution in [3.8, 4) is 5.75 Å². The SMILES string of the molecule is CC(C)Oc1ccc(C(=O)c2cc(Cl)cc(Cl)c2)cc1. The van der Waals surface area contributed by atoms with Crippen LogP contribution in [0, 0.1) is 0 Å². The number of rotatable bonds is 4. The summed E-state index contributed by atoms with van der Waals surface area (Å²) in [5, 5.41) is 0.890. The Morgan fingerprint density at radius 1 is 0.950 bits per heavy atom. The fourth-order valence-electron chi connectivity index (χ4n) is 1.81. The van der Waals surface area contributed by atoms with E-state index in [9.17, 15) is 4.79 Å². The average molecular weight is 309 g/mol. The molecule has 2 aromatic carbocycles. The summed E-state index contributed by atoms with van der Waals surface area (Å²) in [6.45, 7) is 3.90. The molecule has 2 nitrogen and oxygen atoms in total. The summed E-state index contributed by atoms with van der Waals surface area (Å²) in [6.07, 6.45) is 0.100. The van der Waals surface area contributed by atoms with Crippen molar-refractivity contribution in [3.05, 3.63) is 63.6 Å². The predicted molar refractivity (Wildman–Crippen MR) is 82.1 cm³/mol. The monoisotopic (exact) mass is 308 g/mol. The Bertz CT molecular complexity index is 599. The molecule has 20 heavy (non-hydrogen) atoms. The van der Waals surface area contributed by atoms with E-state index in [0.29, 0.717) is 21.2 Å². The largest absolute Gasteiger partial charge is 0.491 e. The molecule has 4 heteroatoms. The molecule has 0 bridgehead atoms. The van der Waals surface area contributed by atoms with Gasteiger partial charge < -0.3 is 4.74 Å². The smallest absolute Gasteiger partial charge is 0.193 e. The van der Waals surface area contributed by atoms with Crippen LogP contribution >= 0.6 is 23.2 Å². The van der Waals surface area contributed by atoms with Gasteiger partial charge in [0, 0.05) is 21.2 Å². The predicted octanol–water partition coefficient (Wildman–Crippen LogP) is 5.01. The summed E-state index contributed by atoms with van der Waals surface area (Å²) >= 11 is 11.8. The lowest BCUT2D eigenvalue weighted by atomic mass is 10.0. The van der Waals surface area contributed by atoms with E-state index in [1.807, 2.05) is 13.8 Å². The number of halogens is 2. The first kappa shape index (κ1) is 14.9. The van der Waals surface area contributed by atoms with E-state index in [0.717, 1.165) is 5.75 Å². The van der Waals surface area contributed by atoms with Crippen LogP contribution < -0.4 is 4.74 Å². The van der Waals surface area contributed by atoms with Crippen molar-refractivity contribution in [2.24, 2.45) is 0 Å². The standard InChI is InChI=1S/C16H14Cl2O2/c1-10(2)20-15-5-3-11(4-6-15)16(19)12-7-13(17)9-14(18)8-12/h3-10H,1-2H3. The molecule has 0 spiro atoms.